The number of hydrogen-bond acceptors (Lipinski definition) is 2. The molecule has 0 aliphatic carbocycles. The number of hydrogen-bond donors (Lipinski definition) is 2. The molecule has 1 aromatic rings. The first-order valence-corrected chi connectivity index (χ1v) is 4.88. The zero-order valence-corrected chi connectivity index (χ0v) is 9.20. The molecule has 2 nitrogen and oxygen atoms in total. The fourth-order valence-corrected chi connectivity index (χ4v) is 1.37. The van der Waals surface area contributed by atoms with E-state index in [2.05, 4.69) is 0 Å². The van der Waals surface area contributed by atoms with Crippen molar-refractivity contribution in [2.24, 2.45) is 5.92 Å². The van der Waals surface area contributed by atoms with E-state index in [1.807, 2.05) is 32.9 Å². The predicted molar refractivity (Wildman–Crippen MR) is 57.3 cm³/mol. The van der Waals surface area contributed by atoms with Crippen LogP contribution in [-0.2, 0) is 5.60 Å². The summed E-state index contributed by atoms with van der Waals surface area (Å²) < 4.78 is 0. The van der Waals surface area contributed by atoms with Crippen LogP contribution in [0.25, 0.3) is 0 Å². The summed E-state index contributed by atoms with van der Waals surface area (Å²) in [5.74, 6) is 0.226. The van der Waals surface area contributed by atoms with Gasteiger partial charge in [-0.2, -0.15) is 0 Å². The Labute approximate surface area is 85.2 Å². The van der Waals surface area contributed by atoms with E-state index in [9.17, 15) is 10.2 Å². The predicted octanol–water partition coefficient (Wildman–Crippen LogP) is 2.56. The lowest BCUT2D eigenvalue weighted by atomic mass is 9.84. The molecule has 1 rings (SSSR count). The quantitative estimate of drug-likeness (QED) is 0.759. The summed E-state index contributed by atoms with van der Waals surface area (Å²) in [6.45, 7) is 7.54. The Balaban J connectivity index is 3.24. The highest BCUT2D eigenvalue weighted by Gasteiger charge is 2.29. The van der Waals surface area contributed by atoms with Gasteiger partial charge >= 0.3 is 0 Å². The maximum atomic E-state index is 10.2. The highest BCUT2D eigenvalue weighted by molar-refractivity contribution is 5.39. The number of phenols is 1. The normalized spacial score (nSPS) is 15.6. The van der Waals surface area contributed by atoms with E-state index in [-0.39, 0.29) is 11.7 Å². The van der Waals surface area contributed by atoms with Crippen molar-refractivity contribution >= 4 is 0 Å². The molecule has 0 spiro atoms. The Morgan fingerprint density at radius 2 is 1.86 bits per heavy atom. The second-order valence-corrected chi connectivity index (χ2v) is 4.32. The molecule has 0 heterocycles. The summed E-state index contributed by atoms with van der Waals surface area (Å²) in [5, 5.41) is 19.9. The van der Waals surface area contributed by atoms with Gasteiger partial charge in [-0.15, -0.1) is 0 Å². The van der Waals surface area contributed by atoms with Crippen LogP contribution in [0.5, 0.6) is 5.75 Å². The van der Waals surface area contributed by atoms with E-state index in [0.29, 0.717) is 5.56 Å². The molecule has 0 aliphatic rings. The van der Waals surface area contributed by atoms with Gasteiger partial charge < -0.3 is 10.2 Å². The first-order valence-electron chi connectivity index (χ1n) is 4.88. The molecule has 0 aromatic heterocycles. The summed E-state index contributed by atoms with van der Waals surface area (Å²) in [6, 6.07) is 5.28. The van der Waals surface area contributed by atoms with Gasteiger partial charge in [0.05, 0.1) is 5.60 Å². The SMILES string of the molecule is Cc1ccc(O)c(C(C)(O)C(C)C)c1. The maximum absolute atomic E-state index is 10.2. The van der Waals surface area contributed by atoms with E-state index in [1.165, 1.54) is 0 Å². The van der Waals surface area contributed by atoms with Crippen molar-refractivity contribution < 1.29 is 10.2 Å². The second-order valence-electron chi connectivity index (χ2n) is 4.32. The molecule has 2 heteroatoms. The van der Waals surface area contributed by atoms with Crippen molar-refractivity contribution in [1.82, 2.24) is 0 Å². The minimum atomic E-state index is -0.976. The average molecular weight is 194 g/mol. The summed E-state index contributed by atoms with van der Waals surface area (Å²) in [7, 11) is 0. The van der Waals surface area contributed by atoms with E-state index >= 15 is 0 Å². The van der Waals surface area contributed by atoms with Crippen LogP contribution in [-0.4, -0.2) is 10.2 Å². The zero-order chi connectivity index (χ0) is 10.9. The smallest absolute Gasteiger partial charge is 0.121 e. The molecule has 0 radical (unpaired) electrons. The van der Waals surface area contributed by atoms with Crippen LogP contribution >= 0.6 is 0 Å². The number of aliphatic hydroxyl groups is 1. The Morgan fingerprint density at radius 1 is 1.29 bits per heavy atom. The molecule has 0 amide bonds. The lowest BCUT2D eigenvalue weighted by Crippen LogP contribution is -2.28. The third-order valence-corrected chi connectivity index (χ3v) is 2.82. The van der Waals surface area contributed by atoms with E-state index in [1.54, 1.807) is 13.0 Å². The third-order valence-electron chi connectivity index (χ3n) is 2.82. The highest BCUT2D eigenvalue weighted by atomic mass is 16.3. The van der Waals surface area contributed by atoms with E-state index in [4.69, 9.17) is 0 Å². The number of benzene rings is 1. The van der Waals surface area contributed by atoms with Gasteiger partial charge in [-0.05, 0) is 31.9 Å². The number of phenolic OH excluding ortho intramolecular Hbond substituents is 1. The van der Waals surface area contributed by atoms with Crippen LogP contribution in [0.3, 0.4) is 0 Å². The molecule has 0 saturated heterocycles. The van der Waals surface area contributed by atoms with Gasteiger partial charge in [0.2, 0.25) is 0 Å². The van der Waals surface area contributed by atoms with Gasteiger partial charge in [0.15, 0.2) is 0 Å². The molecule has 1 atom stereocenters. The van der Waals surface area contributed by atoms with Crippen molar-refractivity contribution in [3.63, 3.8) is 0 Å². The summed E-state index contributed by atoms with van der Waals surface area (Å²) in [6.07, 6.45) is 0. The monoisotopic (exact) mass is 194 g/mol. The molecule has 14 heavy (non-hydrogen) atoms. The summed E-state index contributed by atoms with van der Waals surface area (Å²) in [5.41, 5.74) is 0.669. The number of aryl methyl sites for hydroxylation is 1. The van der Waals surface area contributed by atoms with Crippen LogP contribution in [0, 0.1) is 12.8 Å². The van der Waals surface area contributed by atoms with Crippen molar-refractivity contribution in [2.45, 2.75) is 33.3 Å². The highest BCUT2D eigenvalue weighted by Crippen LogP contribution is 2.35. The second kappa shape index (κ2) is 3.62. The Hall–Kier alpha value is -1.02. The first-order chi connectivity index (χ1) is 6.35. The fraction of sp³-hybridized carbons (Fsp3) is 0.500. The molecule has 0 fully saturated rings. The first kappa shape index (κ1) is 11.1. The largest absolute Gasteiger partial charge is 0.508 e. The van der Waals surface area contributed by atoms with Gasteiger partial charge in [0, 0.05) is 5.56 Å². The lowest BCUT2D eigenvalue weighted by Gasteiger charge is -2.29. The third kappa shape index (κ3) is 1.90. The van der Waals surface area contributed by atoms with Gasteiger partial charge in [0.1, 0.15) is 5.75 Å². The molecule has 78 valence electrons. The fourth-order valence-electron chi connectivity index (χ4n) is 1.37. The van der Waals surface area contributed by atoms with Crippen LogP contribution in [0.1, 0.15) is 31.9 Å². The molecule has 0 bridgehead atoms. The topological polar surface area (TPSA) is 40.5 Å². The maximum Gasteiger partial charge on any atom is 0.121 e. The summed E-state index contributed by atoms with van der Waals surface area (Å²) >= 11 is 0. The summed E-state index contributed by atoms with van der Waals surface area (Å²) in [4.78, 5) is 0. The van der Waals surface area contributed by atoms with Crippen LogP contribution in [0.4, 0.5) is 0 Å². The van der Waals surface area contributed by atoms with Gasteiger partial charge in [-0.25, -0.2) is 0 Å². The van der Waals surface area contributed by atoms with Crippen molar-refractivity contribution in [3.8, 4) is 5.75 Å². The van der Waals surface area contributed by atoms with Crippen LogP contribution in [0.15, 0.2) is 18.2 Å². The van der Waals surface area contributed by atoms with Gasteiger partial charge in [-0.3, -0.25) is 0 Å². The lowest BCUT2D eigenvalue weighted by molar-refractivity contribution is 0.00697. The van der Waals surface area contributed by atoms with E-state index < -0.39 is 5.60 Å². The average Bonchev–Trinajstić information content (AvgIpc) is 2.08. The minimum absolute atomic E-state index is 0.0650. The van der Waals surface area contributed by atoms with E-state index in [0.717, 1.165) is 5.56 Å². The number of rotatable bonds is 2. The van der Waals surface area contributed by atoms with Crippen LogP contribution < -0.4 is 0 Å². The Kier molecular flexibility index (Phi) is 2.86. The van der Waals surface area contributed by atoms with Crippen molar-refractivity contribution in [1.29, 1.82) is 0 Å². The van der Waals surface area contributed by atoms with Crippen molar-refractivity contribution in [2.75, 3.05) is 0 Å². The molecule has 0 aliphatic heterocycles. The standard InChI is InChI=1S/C12H18O2/c1-8(2)12(4,14)10-7-9(3)5-6-11(10)13/h5-8,13-14H,1-4H3. The zero-order valence-electron chi connectivity index (χ0n) is 9.20. The molecule has 1 aromatic carbocycles. The van der Waals surface area contributed by atoms with Gasteiger partial charge in [-0.1, -0.05) is 25.5 Å². The number of aromatic hydroxyl groups is 1. The Bertz CT molecular complexity index is 327. The molecular weight excluding hydrogens is 176 g/mol. The van der Waals surface area contributed by atoms with Gasteiger partial charge in [0.25, 0.3) is 0 Å². The van der Waals surface area contributed by atoms with Crippen LogP contribution in [0.2, 0.25) is 0 Å². The molecule has 1 unspecified atom stereocenters. The molecular formula is C12H18O2. The Morgan fingerprint density at radius 3 is 2.36 bits per heavy atom. The van der Waals surface area contributed by atoms with Crippen molar-refractivity contribution in [3.05, 3.63) is 29.3 Å². The molecule has 2 N–H and O–H groups in total. The molecule has 0 saturated carbocycles. The minimum Gasteiger partial charge on any atom is -0.508 e.